The van der Waals surface area contributed by atoms with Gasteiger partial charge in [-0.1, -0.05) is 0 Å². The SMILES string of the molecule is COc1ccc2nc(CCN(C)C(=O)c3ccc4nccn4c3)[nH]c2c1. The van der Waals surface area contributed by atoms with Gasteiger partial charge >= 0.3 is 0 Å². The van der Waals surface area contributed by atoms with Gasteiger partial charge in [-0.2, -0.15) is 0 Å². The van der Waals surface area contributed by atoms with Gasteiger partial charge in [-0.3, -0.25) is 4.79 Å². The largest absolute Gasteiger partial charge is 0.497 e. The number of methoxy groups -OCH3 is 1. The van der Waals surface area contributed by atoms with Crippen LogP contribution in [0.1, 0.15) is 16.2 Å². The maximum atomic E-state index is 12.6. The summed E-state index contributed by atoms with van der Waals surface area (Å²) in [7, 11) is 3.44. The highest BCUT2D eigenvalue weighted by Crippen LogP contribution is 2.19. The number of ether oxygens (including phenoxy) is 1. The molecule has 3 aromatic heterocycles. The van der Waals surface area contributed by atoms with Crippen LogP contribution < -0.4 is 4.74 Å². The fourth-order valence-electron chi connectivity index (χ4n) is 2.93. The molecule has 1 aromatic carbocycles. The number of imidazole rings is 2. The van der Waals surface area contributed by atoms with Gasteiger partial charge < -0.3 is 19.0 Å². The number of hydrogen-bond acceptors (Lipinski definition) is 4. The number of carbonyl (C=O) groups excluding carboxylic acids is 1. The minimum atomic E-state index is -0.0293. The number of hydrogen-bond donors (Lipinski definition) is 1. The van der Waals surface area contributed by atoms with Crippen LogP contribution in [0, 0.1) is 0 Å². The number of benzene rings is 1. The molecule has 7 heteroatoms. The maximum Gasteiger partial charge on any atom is 0.255 e. The second-order valence-corrected chi connectivity index (χ2v) is 6.15. The smallest absolute Gasteiger partial charge is 0.255 e. The summed E-state index contributed by atoms with van der Waals surface area (Å²) < 4.78 is 7.07. The molecule has 1 N–H and O–H groups in total. The van der Waals surface area contributed by atoms with E-state index in [9.17, 15) is 4.79 Å². The molecule has 7 nitrogen and oxygen atoms in total. The van der Waals surface area contributed by atoms with Gasteiger partial charge in [-0.05, 0) is 24.3 Å². The Morgan fingerprint density at radius 1 is 1.31 bits per heavy atom. The Labute approximate surface area is 150 Å². The van der Waals surface area contributed by atoms with E-state index in [2.05, 4.69) is 15.0 Å². The van der Waals surface area contributed by atoms with Crippen molar-refractivity contribution in [2.24, 2.45) is 0 Å². The number of pyridine rings is 1. The van der Waals surface area contributed by atoms with E-state index in [-0.39, 0.29) is 5.91 Å². The standard InChI is InChI=1S/C19H19N5O2/c1-23(19(25)13-3-6-18-20-8-10-24(18)12-13)9-7-17-21-15-5-4-14(26-2)11-16(15)22-17/h3-6,8,10-12H,7,9H2,1-2H3,(H,21,22). The fraction of sp³-hybridized carbons (Fsp3) is 0.211. The third-order valence-electron chi connectivity index (χ3n) is 4.40. The summed E-state index contributed by atoms with van der Waals surface area (Å²) in [5, 5.41) is 0. The lowest BCUT2D eigenvalue weighted by molar-refractivity contribution is 0.0795. The fourth-order valence-corrected chi connectivity index (χ4v) is 2.93. The highest BCUT2D eigenvalue weighted by Gasteiger charge is 2.13. The average molecular weight is 349 g/mol. The van der Waals surface area contributed by atoms with E-state index in [4.69, 9.17) is 4.74 Å². The second-order valence-electron chi connectivity index (χ2n) is 6.15. The van der Waals surface area contributed by atoms with Gasteiger partial charge in [0.05, 0.1) is 23.7 Å². The van der Waals surface area contributed by atoms with Crippen molar-refractivity contribution in [3.05, 3.63) is 60.3 Å². The molecule has 3 heterocycles. The predicted molar refractivity (Wildman–Crippen MR) is 98.5 cm³/mol. The molecule has 0 unspecified atom stereocenters. The van der Waals surface area contributed by atoms with Crippen LogP contribution in [0.25, 0.3) is 16.7 Å². The monoisotopic (exact) mass is 349 g/mol. The van der Waals surface area contributed by atoms with Crippen LogP contribution in [-0.2, 0) is 6.42 Å². The molecule has 132 valence electrons. The number of fused-ring (bicyclic) bond motifs is 2. The molecule has 0 aliphatic carbocycles. The zero-order valence-electron chi connectivity index (χ0n) is 14.6. The van der Waals surface area contributed by atoms with Crippen molar-refractivity contribution in [1.29, 1.82) is 0 Å². The Bertz CT molecular complexity index is 1080. The molecule has 0 aliphatic heterocycles. The summed E-state index contributed by atoms with van der Waals surface area (Å²) in [6.07, 6.45) is 5.99. The van der Waals surface area contributed by atoms with Gasteiger partial charge in [0, 0.05) is 44.7 Å². The molecule has 0 saturated heterocycles. The summed E-state index contributed by atoms with van der Waals surface area (Å²) in [5.74, 6) is 1.60. The molecule has 26 heavy (non-hydrogen) atoms. The third kappa shape index (κ3) is 2.99. The molecule has 0 saturated carbocycles. The number of nitrogens with one attached hydrogen (secondary N) is 1. The van der Waals surface area contributed by atoms with Crippen LogP contribution in [0.4, 0.5) is 0 Å². The van der Waals surface area contributed by atoms with Crippen molar-refractivity contribution in [3.63, 3.8) is 0 Å². The van der Waals surface area contributed by atoms with Crippen molar-refractivity contribution < 1.29 is 9.53 Å². The van der Waals surface area contributed by atoms with Crippen LogP contribution in [0.15, 0.2) is 48.9 Å². The topological polar surface area (TPSA) is 75.5 Å². The van der Waals surface area contributed by atoms with E-state index in [1.165, 1.54) is 0 Å². The van der Waals surface area contributed by atoms with Crippen molar-refractivity contribution in [2.75, 3.05) is 20.7 Å². The molecule has 0 spiro atoms. The molecule has 0 fully saturated rings. The quantitative estimate of drug-likeness (QED) is 0.601. The van der Waals surface area contributed by atoms with Crippen LogP contribution >= 0.6 is 0 Å². The minimum absolute atomic E-state index is 0.0293. The van der Waals surface area contributed by atoms with Gasteiger partial charge in [0.1, 0.15) is 17.2 Å². The number of carbonyl (C=O) groups is 1. The van der Waals surface area contributed by atoms with Gasteiger partial charge in [0.2, 0.25) is 0 Å². The first-order chi connectivity index (χ1) is 12.6. The Kier molecular flexibility index (Phi) is 4.04. The van der Waals surface area contributed by atoms with E-state index < -0.39 is 0 Å². The van der Waals surface area contributed by atoms with E-state index >= 15 is 0 Å². The van der Waals surface area contributed by atoms with Gasteiger partial charge in [-0.25, -0.2) is 9.97 Å². The lowest BCUT2D eigenvalue weighted by atomic mass is 10.2. The van der Waals surface area contributed by atoms with E-state index in [1.54, 1.807) is 37.5 Å². The average Bonchev–Trinajstić information content (AvgIpc) is 3.30. The first kappa shape index (κ1) is 16.1. The highest BCUT2D eigenvalue weighted by molar-refractivity contribution is 5.94. The molecule has 4 rings (SSSR count). The molecule has 4 aromatic rings. The number of likely N-dealkylation sites (N-methyl/N-ethyl adjacent to an activating group) is 1. The third-order valence-corrected chi connectivity index (χ3v) is 4.40. The lowest BCUT2D eigenvalue weighted by Gasteiger charge is -2.16. The lowest BCUT2D eigenvalue weighted by Crippen LogP contribution is -2.29. The normalized spacial score (nSPS) is 11.2. The van der Waals surface area contributed by atoms with E-state index in [1.807, 2.05) is 34.9 Å². The molecule has 0 aliphatic rings. The highest BCUT2D eigenvalue weighted by atomic mass is 16.5. The van der Waals surface area contributed by atoms with Crippen LogP contribution in [0.5, 0.6) is 5.75 Å². The van der Waals surface area contributed by atoms with Gasteiger partial charge in [0.15, 0.2) is 0 Å². The maximum absolute atomic E-state index is 12.6. The molecule has 0 radical (unpaired) electrons. The first-order valence-corrected chi connectivity index (χ1v) is 8.35. The summed E-state index contributed by atoms with van der Waals surface area (Å²) in [6.45, 7) is 0.567. The van der Waals surface area contributed by atoms with Gasteiger partial charge in [0.25, 0.3) is 5.91 Å². The number of aromatic amines is 1. The number of aromatic nitrogens is 4. The minimum Gasteiger partial charge on any atom is -0.497 e. The van der Waals surface area contributed by atoms with Crippen LogP contribution in [-0.4, -0.2) is 50.9 Å². The second kappa shape index (κ2) is 6.51. The van der Waals surface area contributed by atoms with E-state index in [0.29, 0.717) is 18.5 Å². The zero-order chi connectivity index (χ0) is 18.1. The number of amides is 1. The Morgan fingerprint density at radius 3 is 3.04 bits per heavy atom. The zero-order valence-corrected chi connectivity index (χ0v) is 14.6. The summed E-state index contributed by atoms with van der Waals surface area (Å²) in [5.41, 5.74) is 3.27. The number of H-pyrrole nitrogens is 1. The Morgan fingerprint density at radius 2 is 2.19 bits per heavy atom. The van der Waals surface area contributed by atoms with Gasteiger partial charge in [-0.15, -0.1) is 0 Å². The molecule has 1 amide bonds. The van der Waals surface area contributed by atoms with Crippen LogP contribution in [0.2, 0.25) is 0 Å². The van der Waals surface area contributed by atoms with Crippen molar-refractivity contribution >= 4 is 22.6 Å². The number of rotatable bonds is 5. The van der Waals surface area contributed by atoms with Crippen molar-refractivity contribution in [3.8, 4) is 5.75 Å². The van der Waals surface area contributed by atoms with E-state index in [0.717, 1.165) is 28.3 Å². The van der Waals surface area contributed by atoms with Crippen LogP contribution in [0.3, 0.4) is 0 Å². The summed E-state index contributed by atoms with van der Waals surface area (Å²) >= 11 is 0. The summed E-state index contributed by atoms with van der Waals surface area (Å²) in [4.78, 5) is 26.4. The Hall–Kier alpha value is -3.35. The molecular formula is C19H19N5O2. The first-order valence-electron chi connectivity index (χ1n) is 8.35. The summed E-state index contributed by atoms with van der Waals surface area (Å²) in [6, 6.07) is 9.36. The Balaban J connectivity index is 1.45. The molecular weight excluding hydrogens is 330 g/mol. The van der Waals surface area contributed by atoms with Crippen molar-refractivity contribution in [2.45, 2.75) is 6.42 Å². The molecule has 0 bridgehead atoms. The van der Waals surface area contributed by atoms with Crippen molar-refractivity contribution in [1.82, 2.24) is 24.3 Å². The number of nitrogens with zero attached hydrogens (tertiary/aromatic N) is 4. The predicted octanol–water partition coefficient (Wildman–Crippen LogP) is 2.53. The molecule has 0 atom stereocenters.